The van der Waals surface area contributed by atoms with E-state index in [2.05, 4.69) is 30.7 Å². The van der Waals surface area contributed by atoms with E-state index in [-0.39, 0.29) is 10.7 Å². The number of rotatable bonds is 7. The van der Waals surface area contributed by atoms with Gasteiger partial charge in [-0.05, 0) is 34.1 Å². The second-order valence-corrected chi connectivity index (χ2v) is 7.97. The van der Waals surface area contributed by atoms with E-state index in [4.69, 9.17) is 9.47 Å². The smallest absolute Gasteiger partial charge is 0.264 e. The molecule has 0 spiro atoms. The summed E-state index contributed by atoms with van der Waals surface area (Å²) in [6.07, 6.45) is 3.37. The summed E-state index contributed by atoms with van der Waals surface area (Å²) in [4.78, 5) is 4.23. The highest BCUT2D eigenvalue weighted by Crippen LogP contribution is 2.36. The summed E-state index contributed by atoms with van der Waals surface area (Å²) >= 11 is 3.26. The highest BCUT2D eigenvalue weighted by atomic mass is 79.9. The molecule has 8 nitrogen and oxygen atoms in total. The third kappa shape index (κ3) is 4.40. The van der Waals surface area contributed by atoms with Gasteiger partial charge in [0.15, 0.2) is 17.3 Å². The molecule has 1 N–H and O–H groups in total. The molecule has 10 heteroatoms. The molecular formula is C17H17BrN4O4S. The Bertz CT molecular complexity index is 1040. The number of pyridine rings is 1. The van der Waals surface area contributed by atoms with Gasteiger partial charge >= 0.3 is 0 Å². The molecule has 0 saturated carbocycles. The van der Waals surface area contributed by atoms with Gasteiger partial charge in [-0.2, -0.15) is 5.10 Å². The van der Waals surface area contributed by atoms with E-state index in [0.717, 1.165) is 5.69 Å². The quantitative estimate of drug-likeness (QED) is 0.591. The van der Waals surface area contributed by atoms with Crippen LogP contribution in [0.3, 0.4) is 0 Å². The van der Waals surface area contributed by atoms with Crippen molar-refractivity contribution >= 4 is 31.8 Å². The molecule has 0 aliphatic carbocycles. The number of benzene rings is 1. The summed E-state index contributed by atoms with van der Waals surface area (Å²) < 4.78 is 40.3. The Hall–Kier alpha value is -2.59. The maximum absolute atomic E-state index is 12.8. The van der Waals surface area contributed by atoms with Crippen molar-refractivity contribution in [2.24, 2.45) is 0 Å². The fourth-order valence-corrected chi connectivity index (χ4v) is 4.43. The van der Waals surface area contributed by atoms with Gasteiger partial charge in [-0.3, -0.25) is 14.4 Å². The zero-order valence-electron chi connectivity index (χ0n) is 14.6. The summed E-state index contributed by atoms with van der Waals surface area (Å²) in [5.41, 5.74) is 0.817. The summed E-state index contributed by atoms with van der Waals surface area (Å²) in [7, 11) is -0.968. The molecule has 0 radical (unpaired) electrons. The molecule has 0 saturated heterocycles. The van der Waals surface area contributed by atoms with Crippen molar-refractivity contribution in [2.45, 2.75) is 11.4 Å². The van der Waals surface area contributed by atoms with Crippen LogP contribution in [0.15, 0.2) is 58.2 Å². The van der Waals surface area contributed by atoms with Crippen LogP contribution in [0.2, 0.25) is 0 Å². The van der Waals surface area contributed by atoms with Gasteiger partial charge in [0.05, 0.1) is 26.5 Å². The lowest BCUT2D eigenvalue weighted by Crippen LogP contribution is -2.15. The van der Waals surface area contributed by atoms with Crippen molar-refractivity contribution in [3.05, 3.63) is 59.0 Å². The third-order valence-corrected chi connectivity index (χ3v) is 5.97. The van der Waals surface area contributed by atoms with Crippen LogP contribution in [-0.4, -0.2) is 37.4 Å². The molecule has 0 bridgehead atoms. The molecular weight excluding hydrogens is 436 g/mol. The van der Waals surface area contributed by atoms with Crippen molar-refractivity contribution < 1.29 is 17.9 Å². The van der Waals surface area contributed by atoms with Crippen molar-refractivity contribution in [1.29, 1.82) is 0 Å². The fourth-order valence-electron chi connectivity index (χ4n) is 2.40. The maximum Gasteiger partial charge on any atom is 0.264 e. The number of methoxy groups -OCH3 is 2. The van der Waals surface area contributed by atoms with Crippen LogP contribution >= 0.6 is 15.9 Å². The number of ether oxygens (including phenoxy) is 2. The van der Waals surface area contributed by atoms with Gasteiger partial charge < -0.3 is 9.47 Å². The molecule has 0 unspecified atom stereocenters. The van der Waals surface area contributed by atoms with E-state index in [9.17, 15) is 8.42 Å². The third-order valence-electron chi connectivity index (χ3n) is 3.66. The van der Waals surface area contributed by atoms with E-state index < -0.39 is 10.0 Å². The van der Waals surface area contributed by atoms with Gasteiger partial charge in [0, 0.05) is 29.0 Å². The number of nitrogens with one attached hydrogen (secondary N) is 1. The number of aromatic nitrogens is 3. The monoisotopic (exact) mass is 452 g/mol. The first kappa shape index (κ1) is 19.2. The summed E-state index contributed by atoms with van der Waals surface area (Å²) in [6, 6.07) is 10.1. The van der Waals surface area contributed by atoms with Gasteiger partial charge in [0.25, 0.3) is 10.0 Å². The van der Waals surface area contributed by atoms with Crippen molar-refractivity contribution in [1.82, 2.24) is 14.8 Å². The van der Waals surface area contributed by atoms with E-state index in [1.165, 1.54) is 26.4 Å². The SMILES string of the molecule is COc1cc(Br)c(S(=O)(=O)Nc2ccn(Cc3ccccn3)n2)cc1OC. The van der Waals surface area contributed by atoms with Gasteiger partial charge in [0.2, 0.25) is 0 Å². The Morgan fingerprint density at radius 1 is 1.15 bits per heavy atom. The van der Waals surface area contributed by atoms with E-state index >= 15 is 0 Å². The average Bonchev–Trinajstić information content (AvgIpc) is 3.08. The van der Waals surface area contributed by atoms with Gasteiger partial charge in [-0.25, -0.2) is 8.42 Å². The molecule has 2 heterocycles. The number of hydrogen-bond donors (Lipinski definition) is 1. The number of sulfonamides is 1. The first-order valence-corrected chi connectivity index (χ1v) is 10.1. The number of anilines is 1. The lowest BCUT2D eigenvalue weighted by Gasteiger charge is -2.12. The topological polar surface area (TPSA) is 95.3 Å². The molecule has 0 aliphatic rings. The number of nitrogens with zero attached hydrogens (tertiary/aromatic N) is 3. The van der Waals surface area contributed by atoms with Crippen LogP contribution in [0, 0.1) is 0 Å². The summed E-state index contributed by atoms with van der Waals surface area (Å²) in [5, 5.41) is 4.24. The van der Waals surface area contributed by atoms with Crippen molar-refractivity contribution in [2.75, 3.05) is 18.9 Å². The normalized spacial score (nSPS) is 11.2. The zero-order chi connectivity index (χ0) is 19.4. The lowest BCUT2D eigenvalue weighted by molar-refractivity contribution is 0.353. The van der Waals surface area contributed by atoms with Crippen LogP contribution in [0.25, 0.3) is 0 Å². The average molecular weight is 453 g/mol. The van der Waals surface area contributed by atoms with E-state index in [0.29, 0.717) is 22.5 Å². The Morgan fingerprint density at radius 2 is 1.89 bits per heavy atom. The van der Waals surface area contributed by atoms with Crippen molar-refractivity contribution in [3.8, 4) is 11.5 Å². The highest BCUT2D eigenvalue weighted by Gasteiger charge is 2.22. The predicted molar refractivity (Wildman–Crippen MR) is 104 cm³/mol. The molecule has 0 aliphatic heterocycles. The molecule has 3 rings (SSSR count). The minimum atomic E-state index is -3.88. The van der Waals surface area contributed by atoms with Crippen LogP contribution in [0.1, 0.15) is 5.69 Å². The van der Waals surface area contributed by atoms with Gasteiger partial charge in [-0.15, -0.1) is 0 Å². The molecule has 142 valence electrons. The minimum Gasteiger partial charge on any atom is -0.493 e. The van der Waals surface area contributed by atoms with Gasteiger partial charge in [-0.1, -0.05) is 6.07 Å². The number of halogens is 1. The Morgan fingerprint density at radius 3 is 2.56 bits per heavy atom. The highest BCUT2D eigenvalue weighted by molar-refractivity contribution is 9.10. The zero-order valence-corrected chi connectivity index (χ0v) is 17.0. The fraction of sp³-hybridized carbons (Fsp3) is 0.176. The second-order valence-electron chi connectivity index (χ2n) is 5.46. The molecule has 1 aromatic carbocycles. The first-order chi connectivity index (χ1) is 12.9. The standard InChI is InChI=1S/C17H17BrN4O4S/c1-25-14-9-13(18)16(10-15(14)26-2)27(23,24)21-17-6-8-22(20-17)11-12-5-3-4-7-19-12/h3-10H,11H2,1-2H3,(H,20,21). The van der Waals surface area contributed by atoms with Crippen LogP contribution in [-0.2, 0) is 16.6 Å². The van der Waals surface area contributed by atoms with Crippen LogP contribution < -0.4 is 14.2 Å². The molecule has 0 fully saturated rings. The second kappa shape index (κ2) is 7.97. The van der Waals surface area contributed by atoms with E-state index in [1.54, 1.807) is 23.1 Å². The van der Waals surface area contributed by atoms with Crippen molar-refractivity contribution in [3.63, 3.8) is 0 Å². The predicted octanol–water partition coefficient (Wildman–Crippen LogP) is 2.91. The first-order valence-electron chi connectivity index (χ1n) is 7.80. The minimum absolute atomic E-state index is 0.0134. The molecule has 0 amide bonds. The van der Waals surface area contributed by atoms with E-state index in [1.807, 2.05) is 18.2 Å². The number of hydrogen-bond acceptors (Lipinski definition) is 6. The maximum atomic E-state index is 12.8. The summed E-state index contributed by atoms with van der Waals surface area (Å²) in [6.45, 7) is 0.433. The van der Waals surface area contributed by atoms with Gasteiger partial charge in [0.1, 0.15) is 4.90 Å². The van der Waals surface area contributed by atoms with Crippen LogP contribution in [0.4, 0.5) is 5.82 Å². The Kier molecular flexibility index (Phi) is 5.66. The largest absolute Gasteiger partial charge is 0.493 e. The molecule has 3 aromatic rings. The molecule has 2 aromatic heterocycles. The van der Waals surface area contributed by atoms with Crippen LogP contribution in [0.5, 0.6) is 11.5 Å². The Labute approximate surface area is 165 Å². The summed E-state index contributed by atoms with van der Waals surface area (Å²) in [5.74, 6) is 0.928. The molecule has 27 heavy (non-hydrogen) atoms. The Balaban J connectivity index is 1.83. The molecule has 0 atom stereocenters. The lowest BCUT2D eigenvalue weighted by atomic mass is 10.3.